The highest BCUT2D eigenvalue weighted by Crippen LogP contribution is 2.14. The summed E-state index contributed by atoms with van der Waals surface area (Å²) in [5.41, 5.74) is 3.64. The third-order valence-electron chi connectivity index (χ3n) is 5.48. The Morgan fingerprint density at radius 2 is 1.30 bits per heavy atom. The molecule has 0 atom stereocenters. The number of hydrogen-bond donors (Lipinski definition) is 0. The zero-order valence-corrected chi connectivity index (χ0v) is 17.1. The van der Waals surface area contributed by atoms with Gasteiger partial charge in [-0.3, -0.25) is 9.59 Å². The molecule has 7 nitrogen and oxygen atoms in total. The number of amides is 2. The first kappa shape index (κ1) is 19.8. The summed E-state index contributed by atoms with van der Waals surface area (Å²) in [6.07, 6.45) is 4.12. The molecule has 1 aliphatic rings. The summed E-state index contributed by atoms with van der Waals surface area (Å²) in [4.78, 5) is 33.1. The van der Waals surface area contributed by atoms with E-state index in [-0.39, 0.29) is 11.8 Å². The predicted octanol–water partition coefficient (Wildman–Crippen LogP) is 2.49. The molecule has 0 unspecified atom stereocenters. The van der Waals surface area contributed by atoms with E-state index in [0.29, 0.717) is 43.9 Å². The molecule has 2 heterocycles. The van der Waals surface area contributed by atoms with Crippen LogP contribution in [-0.4, -0.2) is 62.6 Å². The molecule has 2 aromatic carbocycles. The van der Waals surface area contributed by atoms with E-state index in [2.05, 4.69) is 17.0 Å². The number of aromatic nitrogens is 3. The molecule has 0 N–H and O–H groups in total. The zero-order chi connectivity index (χ0) is 20.9. The van der Waals surface area contributed by atoms with Crippen molar-refractivity contribution < 1.29 is 9.59 Å². The van der Waals surface area contributed by atoms with Gasteiger partial charge in [0, 0.05) is 37.3 Å². The average Bonchev–Trinajstić information content (AvgIpc) is 3.32. The van der Waals surface area contributed by atoms with E-state index in [0.717, 1.165) is 12.0 Å². The van der Waals surface area contributed by atoms with E-state index in [1.165, 1.54) is 11.9 Å². The second kappa shape index (κ2) is 8.90. The van der Waals surface area contributed by atoms with Crippen molar-refractivity contribution in [2.45, 2.75) is 19.9 Å². The third kappa shape index (κ3) is 4.40. The third-order valence-corrected chi connectivity index (χ3v) is 5.48. The van der Waals surface area contributed by atoms with Gasteiger partial charge in [0.25, 0.3) is 11.8 Å². The topological polar surface area (TPSA) is 71.3 Å². The highest BCUT2D eigenvalue weighted by atomic mass is 16.2. The van der Waals surface area contributed by atoms with Crippen LogP contribution in [0.4, 0.5) is 0 Å². The molecule has 0 spiro atoms. The van der Waals surface area contributed by atoms with Crippen LogP contribution in [-0.2, 0) is 13.0 Å². The van der Waals surface area contributed by atoms with Gasteiger partial charge in [0.2, 0.25) is 0 Å². The fraction of sp³-hybridized carbons (Fsp3) is 0.304. The second-order valence-corrected chi connectivity index (χ2v) is 7.42. The zero-order valence-electron chi connectivity index (χ0n) is 17.1. The molecule has 1 fully saturated rings. The van der Waals surface area contributed by atoms with Gasteiger partial charge in [-0.15, -0.1) is 0 Å². The van der Waals surface area contributed by atoms with E-state index >= 15 is 0 Å². The molecule has 30 heavy (non-hydrogen) atoms. The van der Waals surface area contributed by atoms with Crippen LogP contribution in [0.5, 0.6) is 0 Å². The molecule has 7 heteroatoms. The Kier molecular flexibility index (Phi) is 5.88. The van der Waals surface area contributed by atoms with Crippen LogP contribution >= 0.6 is 0 Å². The molecule has 154 valence electrons. The van der Waals surface area contributed by atoms with E-state index in [4.69, 9.17) is 0 Å². The van der Waals surface area contributed by atoms with Crippen molar-refractivity contribution in [2.24, 2.45) is 0 Å². The van der Waals surface area contributed by atoms with Gasteiger partial charge in [-0.2, -0.15) is 5.10 Å². The molecule has 2 amide bonds. The number of carbonyl (C=O) groups excluding carboxylic acids is 2. The van der Waals surface area contributed by atoms with Crippen LogP contribution in [0.1, 0.15) is 38.8 Å². The maximum Gasteiger partial charge on any atom is 0.253 e. The highest BCUT2D eigenvalue weighted by molar-refractivity contribution is 5.96. The van der Waals surface area contributed by atoms with Gasteiger partial charge in [0.15, 0.2) is 0 Å². The Labute approximate surface area is 175 Å². The number of nitrogens with zero attached hydrogens (tertiary/aromatic N) is 5. The molecule has 1 saturated heterocycles. The van der Waals surface area contributed by atoms with Crippen molar-refractivity contribution in [1.29, 1.82) is 0 Å². The summed E-state index contributed by atoms with van der Waals surface area (Å²) in [6, 6.07) is 15.4. The summed E-state index contributed by atoms with van der Waals surface area (Å²) in [6.45, 7) is 4.89. The van der Waals surface area contributed by atoms with Gasteiger partial charge in [-0.1, -0.05) is 31.2 Å². The minimum Gasteiger partial charge on any atom is -0.335 e. The summed E-state index contributed by atoms with van der Waals surface area (Å²) < 4.78 is 1.74. The van der Waals surface area contributed by atoms with Crippen LogP contribution < -0.4 is 0 Å². The Morgan fingerprint density at radius 3 is 1.73 bits per heavy atom. The predicted molar refractivity (Wildman–Crippen MR) is 113 cm³/mol. The number of piperazine rings is 1. The van der Waals surface area contributed by atoms with Crippen molar-refractivity contribution in [1.82, 2.24) is 24.6 Å². The molecule has 0 radical (unpaired) electrons. The largest absolute Gasteiger partial charge is 0.335 e. The SMILES string of the molecule is CCc1ccc(C(=O)N2CCN(C(=O)c3ccc(Cn4cncn4)cc3)CC2)cc1. The van der Waals surface area contributed by atoms with Crippen molar-refractivity contribution in [3.05, 3.63) is 83.4 Å². The monoisotopic (exact) mass is 403 g/mol. The molecule has 1 aliphatic heterocycles. The van der Waals surface area contributed by atoms with Gasteiger partial charge >= 0.3 is 0 Å². The number of aryl methyl sites for hydroxylation is 1. The van der Waals surface area contributed by atoms with Crippen molar-refractivity contribution >= 4 is 11.8 Å². The van der Waals surface area contributed by atoms with Gasteiger partial charge in [-0.25, -0.2) is 9.67 Å². The molecule has 0 bridgehead atoms. The molecule has 0 saturated carbocycles. The van der Waals surface area contributed by atoms with Crippen LogP contribution in [0.15, 0.2) is 61.2 Å². The Morgan fingerprint density at radius 1 is 0.800 bits per heavy atom. The Bertz CT molecular complexity index is 989. The van der Waals surface area contributed by atoms with Gasteiger partial charge in [0.1, 0.15) is 12.7 Å². The van der Waals surface area contributed by atoms with Crippen LogP contribution in [0.25, 0.3) is 0 Å². The van der Waals surface area contributed by atoms with E-state index in [1.54, 1.807) is 11.0 Å². The first-order valence-corrected chi connectivity index (χ1v) is 10.2. The fourth-order valence-electron chi connectivity index (χ4n) is 3.61. The summed E-state index contributed by atoms with van der Waals surface area (Å²) in [5.74, 6) is 0.0314. The minimum atomic E-state index is 0.00158. The van der Waals surface area contributed by atoms with E-state index in [9.17, 15) is 9.59 Å². The van der Waals surface area contributed by atoms with Gasteiger partial charge < -0.3 is 9.80 Å². The normalized spacial score (nSPS) is 14.0. The first-order chi connectivity index (χ1) is 14.6. The quantitative estimate of drug-likeness (QED) is 0.656. The van der Waals surface area contributed by atoms with Crippen LogP contribution in [0.3, 0.4) is 0 Å². The standard InChI is InChI=1S/C23H25N5O2/c1-2-18-3-7-20(8-4-18)22(29)26-11-13-27(14-12-26)23(30)21-9-5-19(6-10-21)15-28-17-24-16-25-28/h3-10,16-17H,2,11-15H2,1H3. The van der Waals surface area contributed by atoms with Crippen LogP contribution in [0, 0.1) is 0 Å². The molecule has 3 aromatic rings. The number of carbonyl (C=O) groups is 2. The summed E-state index contributed by atoms with van der Waals surface area (Å²) in [7, 11) is 0. The van der Waals surface area contributed by atoms with Gasteiger partial charge in [0.05, 0.1) is 6.54 Å². The maximum absolute atomic E-state index is 12.8. The van der Waals surface area contributed by atoms with Gasteiger partial charge in [-0.05, 0) is 41.8 Å². The average molecular weight is 403 g/mol. The Balaban J connectivity index is 1.33. The lowest BCUT2D eigenvalue weighted by Crippen LogP contribution is -2.50. The first-order valence-electron chi connectivity index (χ1n) is 10.2. The molecule has 1 aromatic heterocycles. The fourth-order valence-corrected chi connectivity index (χ4v) is 3.61. The molecule has 4 rings (SSSR count). The minimum absolute atomic E-state index is 0.00158. The smallest absolute Gasteiger partial charge is 0.253 e. The lowest BCUT2D eigenvalue weighted by Gasteiger charge is -2.35. The van der Waals surface area contributed by atoms with Crippen LogP contribution in [0.2, 0.25) is 0 Å². The summed E-state index contributed by atoms with van der Waals surface area (Å²) >= 11 is 0. The lowest BCUT2D eigenvalue weighted by molar-refractivity contribution is 0.0535. The maximum atomic E-state index is 12.8. The molecular formula is C23H25N5O2. The van der Waals surface area contributed by atoms with E-state index in [1.807, 2.05) is 58.3 Å². The number of hydrogen-bond acceptors (Lipinski definition) is 4. The second-order valence-electron chi connectivity index (χ2n) is 7.42. The van der Waals surface area contributed by atoms with Crippen molar-refractivity contribution in [3.63, 3.8) is 0 Å². The molecule has 0 aliphatic carbocycles. The van der Waals surface area contributed by atoms with E-state index < -0.39 is 0 Å². The van der Waals surface area contributed by atoms with Crippen molar-refractivity contribution in [2.75, 3.05) is 26.2 Å². The lowest BCUT2D eigenvalue weighted by atomic mass is 10.1. The number of rotatable bonds is 5. The Hall–Kier alpha value is -3.48. The van der Waals surface area contributed by atoms with Crippen molar-refractivity contribution in [3.8, 4) is 0 Å². The number of benzene rings is 2. The molecular weight excluding hydrogens is 378 g/mol. The summed E-state index contributed by atoms with van der Waals surface area (Å²) in [5, 5.41) is 4.09. The highest BCUT2D eigenvalue weighted by Gasteiger charge is 2.25.